The molecule has 34 valence electrons. The van der Waals surface area contributed by atoms with E-state index in [0.717, 1.165) is 0 Å². The maximum atomic E-state index is 10.3. The van der Waals surface area contributed by atoms with Gasteiger partial charge in [0.15, 0.2) is 0 Å². The second kappa shape index (κ2) is 1.29. The monoisotopic (exact) mass is 87.1 g/mol. The molecule has 0 atom stereocenters. The van der Waals surface area contributed by atoms with E-state index in [2.05, 4.69) is 5.32 Å². The van der Waals surface area contributed by atoms with Gasteiger partial charge in [0.1, 0.15) is 0 Å². The van der Waals surface area contributed by atoms with Crippen LogP contribution in [0.2, 0.25) is 0 Å². The van der Waals surface area contributed by atoms with E-state index in [1.165, 1.54) is 0 Å². The predicted octanol–water partition coefficient (Wildman–Crippen LogP) is -0.104. The lowest BCUT2D eigenvalue weighted by molar-refractivity contribution is -0.119. The Bertz CT molecular complexity index is 123. The average molecular weight is 87.1 g/mol. The van der Waals surface area contributed by atoms with E-state index in [0.29, 0.717) is 12.8 Å². The first kappa shape index (κ1) is 1.96. The molecule has 2 heteroatoms. The summed E-state index contributed by atoms with van der Waals surface area (Å²) in [6.45, 7) is -1.43. The number of carbonyl (C=O) groups excluding carboxylic acids is 1. The minimum absolute atomic E-state index is 0.185. The molecule has 0 aromatic heterocycles. The van der Waals surface area contributed by atoms with Crippen molar-refractivity contribution in [2.75, 3.05) is 6.50 Å². The number of hydrogen-bond donors (Lipinski definition) is 1. The average Bonchev–Trinajstić information content (AvgIpc) is 1.82. The zero-order valence-electron chi connectivity index (χ0n) is 5.32. The Morgan fingerprint density at radius 1 is 2.00 bits per heavy atom. The predicted molar refractivity (Wildman–Crippen MR) is 22.2 cm³/mol. The van der Waals surface area contributed by atoms with Crippen molar-refractivity contribution in [3.8, 4) is 0 Å². The molecule has 1 saturated heterocycles. The molecule has 0 aromatic rings. The lowest BCUT2D eigenvalue weighted by Gasteiger charge is -1.80. The van der Waals surface area contributed by atoms with E-state index in [1.807, 2.05) is 0 Å². The van der Waals surface area contributed by atoms with Crippen molar-refractivity contribution in [1.29, 1.82) is 0 Å². The fourth-order valence-electron chi connectivity index (χ4n) is 0.400. The van der Waals surface area contributed by atoms with Crippen LogP contribution in [0, 0.1) is 0 Å². The fraction of sp³-hybridized carbons (Fsp3) is 0.750. The third-order valence-electron chi connectivity index (χ3n) is 0.705. The molecule has 0 spiro atoms. The van der Waals surface area contributed by atoms with Gasteiger partial charge in [-0.05, 0) is 6.42 Å². The van der Waals surface area contributed by atoms with Gasteiger partial charge in [0, 0.05) is 15.7 Å². The summed E-state index contributed by atoms with van der Waals surface area (Å²) in [5, 5.41) is 2.19. The first-order valence-electron chi connectivity index (χ1n) is 2.91. The standard InChI is InChI=1S/C4H7NO/c6-4-2-1-3-5-4/h1-3H2,(H,5,6)/i3D2. The molecule has 1 N–H and O–H groups in total. The van der Waals surface area contributed by atoms with Crippen molar-refractivity contribution in [3.05, 3.63) is 0 Å². The zero-order valence-corrected chi connectivity index (χ0v) is 3.32. The van der Waals surface area contributed by atoms with Crippen LogP contribution in [-0.4, -0.2) is 12.4 Å². The first-order valence-corrected chi connectivity index (χ1v) is 1.91. The first-order chi connectivity index (χ1) is 3.60. The molecule has 0 aliphatic carbocycles. The van der Waals surface area contributed by atoms with E-state index in [-0.39, 0.29) is 5.91 Å². The summed E-state index contributed by atoms with van der Waals surface area (Å²) < 4.78 is 13.9. The smallest absolute Gasteiger partial charge is 0.220 e. The number of amides is 1. The lowest BCUT2D eigenvalue weighted by atomic mass is 10.4. The molecule has 1 fully saturated rings. The van der Waals surface area contributed by atoms with Gasteiger partial charge < -0.3 is 5.32 Å². The molecule has 0 aromatic carbocycles. The molecule has 0 unspecified atom stereocenters. The molecule has 1 aliphatic heterocycles. The summed E-state index contributed by atoms with van der Waals surface area (Å²) in [4.78, 5) is 10.3. The Hall–Kier alpha value is -0.530. The molecule has 0 bridgehead atoms. The van der Waals surface area contributed by atoms with Crippen LogP contribution >= 0.6 is 0 Å². The Morgan fingerprint density at radius 2 is 2.83 bits per heavy atom. The van der Waals surface area contributed by atoms with E-state index in [9.17, 15) is 4.79 Å². The van der Waals surface area contributed by atoms with E-state index < -0.39 is 6.50 Å². The molecular weight excluding hydrogens is 78.0 g/mol. The normalized spacial score (nSPS) is 34.3. The van der Waals surface area contributed by atoms with Crippen molar-refractivity contribution in [2.45, 2.75) is 12.8 Å². The largest absolute Gasteiger partial charge is 0.356 e. The third-order valence-corrected chi connectivity index (χ3v) is 0.705. The highest BCUT2D eigenvalue weighted by Crippen LogP contribution is 1.93. The quantitative estimate of drug-likeness (QED) is 0.439. The third kappa shape index (κ3) is 0.506. The summed E-state index contributed by atoms with van der Waals surface area (Å²) in [6.07, 6.45) is 0.638. The Kier molecular flexibility index (Phi) is 0.420. The van der Waals surface area contributed by atoms with Gasteiger partial charge in [-0.15, -0.1) is 0 Å². The lowest BCUT2D eigenvalue weighted by Crippen LogP contribution is -2.12. The van der Waals surface area contributed by atoms with Gasteiger partial charge in [-0.3, -0.25) is 4.79 Å². The number of carbonyl (C=O) groups is 1. The van der Waals surface area contributed by atoms with Crippen LogP contribution in [0.4, 0.5) is 0 Å². The Morgan fingerprint density at radius 3 is 3.00 bits per heavy atom. The van der Waals surface area contributed by atoms with E-state index in [1.54, 1.807) is 0 Å². The molecule has 1 aliphatic rings. The number of rotatable bonds is 0. The highest BCUT2D eigenvalue weighted by atomic mass is 16.1. The van der Waals surface area contributed by atoms with Gasteiger partial charge in [-0.25, -0.2) is 0 Å². The number of nitrogens with one attached hydrogen (secondary N) is 1. The van der Waals surface area contributed by atoms with Crippen LogP contribution in [-0.2, 0) is 4.79 Å². The van der Waals surface area contributed by atoms with Gasteiger partial charge in [-0.1, -0.05) is 0 Å². The van der Waals surface area contributed by atoms with Crippen molar-refractivity contribution in [1.82, 2.24) is 5.32 Å². The Balaban J connectivity index is 2.56. The van der Waals surface area contributed by atoms with Crippen LogP contribution in [0.5, 0.6) is 0 Å². The van der Waals surface area contributed by atoms with Crippen LogP contribution in [0.1, 0.15) is 15.6 Å². The molecule has 0 saturated carbocycles. The van der Waals surface area contributed by atoms with Crippen LogP contribution in [0.15, 0.2) is 0 Å². The Labute approximate surface area is 39.3 Å². The summed E-state index contributed by atoms with van der Waals surface area (Å²) in [5.74, 6) is -0.185. The molecule has 1 heterocycles. The van der Waals surface area contributed by atoms with Crippen molar-refractivity contribution in [2.24, 2.45) is 0 Å². The minimum Gasteiger partial charge on any atom is -0.356 e. The van der Waals surface area contributed by atoms with Crippen LogP contribution in [0.25, 0.3) is 0 Å². The van der Waals surface area contributed by atoms with Crippen molar-refractivity contribution < 1.29 is 7.54 Å². The highest BCUT2D eigenvalue weighted by Gasteiger charge is 2.05. The second-order valence-electron chi connectivity index (χ2n) is 1.22. The summed E-state index contributed by atoms with van der Waals surface area (Å²) >= 11 is 0. The topological polar surface area (TPSA) is 29.1 Å². The van der Waals surface area contributed by atoms with E-state index in [4.69, 9.17) is 2.74 Å². The van der Waals surface area contributed by atoms with E-state index >= 15 is 0 Å². The van der Waals surface area contributed by atoms with Crippen molar-refractivity contribution >= 4 is 5.91 Å². The fourth-order valence-corrected chi connectivity index (χ4v) is 0.400. The summed E-state index contributed by atoms with van der Waals surface area (Å²) in [6, 6.07) is 0. The minimum atomic E-state index is -1.43. The van der Waals surface area contributed by atoms with Gasteiger partial charge >= 0.3 is 0 Å². The van der Waals surface area contributed by atoms with Crippen LogP contribution in [0.3, 0.4) is 0 Å². The van der Waals surface area contributed by atoms with Crippen LogP contribution < -0.4 is 5.32 Å². The number of hydrogen-bond acceptors (Lipinski definition) is 1. The molecule has 1 amide bonds. The maximum Gasteiger partial charge on any atom is 0.220 e. The molecule has 2 nitrogen and oxygen atoms in total. The molecule has 1 rings (SSSR count). The summed E-state index contributed by atoms with van der Waals surface area (Å²) in [7, 11) is 0. The maximum absolute atomic E-state index is 10.3. The van der Waals surface area contributed by atoms with Gasteiger partial charge in [0.05, 0.1) is 0 Å². The van der Waals surface area contributed by atoms with Gasteiger partial charge in [0.25, 0.3) is 0 Å². The van der Waals surface area contributed by atoms with Gasteiger partial charge in [0.2, 0.25) is 5.91 Å². The molecular formula is C4H7NO. The molecule has 0 radical (unpaired) electrons. The SMILES string of the molecule is [2H]C1([2H])CCC(=O)N1. The second-order valence-corrected chi connectivity index (χ2v) is 1.22. The molecule has 6 heavy (non-hydrogen) atoms. The van der Waals surface area contributed by atoms with Gasteiger partial charge in [-0.2, -0.15) is 0 Å². The zero-order chi connectivity index (χ0) is 6.20. The highest BCUT2D eigenvalue weighted by molar-refractivity contribution is 5.77. The summed E-state index contributed by atoms with van der Waals surface area (Å²) in [5.41, 5.74) is 0. The van der Waals surface area contributed by atoms with Crippen molar-refractivity contribution in [3.63, 3.8) is 0 Å².